The first-order valence-corrected chi connectivity index (χ1v) is 11.5. The average molecular weight is 415 g/mol. The van der Waals surface area contributed by atoms with E-state index < -0.39 is 0 Å². The molecule has 146 valence electrons. The maximum absolute atomic E-state index is 13.0. The zero-order valence-corrected chi connectivity index (χ0v) is 17.3. The van der Waals surface area contributed by atoms with E-state index in [1.807, 2.05) is 30.3 Å². The van der Waals surface area contributed by atoms with Crippen molar-refractivity contribution in [3.8, 4) is 5.69 Å². The summed E-state index contributed by atoms with van der Waals surface area (Å²) in [5.74, 6) is 2.65. The van der Waals surface area contributed by atoms with Gasteiger partial charge in [0, 0.05) is 22.1 Å². The lowest BCUT2D eigenvalue weighted by Gasteiger charge is -2.15. The van der Waals surface area contributed by atoms with Gasteiger partial charge in [-0.15, -0.1) is 22.0 Å². The van der Waals surface area contributed by atoms with E-state index in [1.165, 1.54) is 25.0 Å². The van der Waals surface area contributed by atoms with E-state index in [0.29, 0.717) is 0 Å². The van der Waals surface area contributed by atoms with Gasteiger partial charge in [0.25, 0.3) is 0 Å². The van der Waals surface area contributed by atoms with E-state index in [9.17, 15) is 4.39 Å². The predicted octanol–water partition coefficient (Wildman–Crippen LogP) is 4.89. The lowest BCUT2D eigenvalue weighted by atomic mass is 10.3. The van der Waals surface area contributed by atoms with Gasteiger partial charge >= 0.3 is 0 Å². The van der Waals surface area contributed by atoms with Gasteiger partial charge in [-0.25, -0.2) is 4.39 Å². The van der Waals surface area contributed by atoms with Crippen molar-refractivity contribution in [2.24, 2.45) is 0 Å². The number of para-hydroxylation sites is 1. The van der Waals surface area contributed by atoms with Gasteiger partial charge in [0.05, 0.1) is 6.54 Å². The van der Waals surface area contributed by atoms with Crippen molar-refractivity contribution in [3.05, 3.63) is 66.2 Å². The molecule has 4 nitrogen and oxygen atoms in total. The Morgan fingerprint density at radius 3 is 2.32 bits per heavy atom. The van der Waals surface area contributed by atoms with E-state index in [-0.39, 0.29) is 5.82 Å². The Kier molecular flexibility index (Phi) is 6.67. The first-order valence-electron chi connectivity index (χ1n) is 9.53. The van der Waals surface area contributed by atoms with E-state index in [0.717, 1.165) is 52.7 Å². The van der Waals surface area contributed by atoms with Crippen LogP contribution in [0.5, 0.6) is 0 Å². The fourth-order valence-electron chi connectivity index (χ4n) is 3.30. The number of hydrogen-bond acceptors (Lipinski definition) is 5. The molecule has 0 bridgehead atoms. The Hall–Kier alpha value is -1.83. The topological polar surface area (TPSA) is 34.0 Å². The van der Waals surface area contributed by atoms with Crippen LogP contribution in [0, 0.1) is 5.82 Å². The summed E-state index contributed by atoms with van der Waals surface area (Å²) in [6.07, 6.45) is 2.53. The third kappa shape index (κ3) is 4.96. The molecular weight excluding hydrogens is 391 g/mol. The fraction of sp³-hybridized carbons (Fsp3) is 0.333. The molecule has 2 heterocycles. The number of nitrogens with zero attached hydrogens (tertiary/aromatic N) is 4. The molecule has 0 amide bonds. The van der Waals surface area contributed by atoms with Crippen molar-refractivity contribution < 1.29 is 4.39 Å². The molecule has 1 aromatic heterocycles. The maximum atomic E-state index is 13.0. The van der Waals surface area contributed by atoms with Crippen LogP contribution >= 0.6 is 23.5 Å². The lowest BCUT2D eigenvalue weighted by Crippen LogP contribution is -2.21. The third-order valence-electron chi connectivity index (χ3n) is 4.68. The highest BCUT2D eigenvalue weighted by molar-refractivity contribution is 8.02. The molecule has 0 atom stereocenters. The van der Waals surface area contributed by atoms with Gasteiger partial charge in [-0.2, -0.15) is 0 Å². The van der Waals surface area contributed by atoms with Crippen molar-refractivity contribution in [1.29, 1.82) is 0 Å². The molecule has 1 fully saturated rings. The summed E-state index contributed by atoms with van der Waals surface area (Å²) in [4.78, 5) is 3.53. The van der Waals surface area contributed by atoms with Crippen molar-refractivity contribution in [3.63, 3.8) is 0 Å². The van der Waals surface area contributed by atoms with Crippen LogP contribution in [0.2, 0.25) is 0 Å². The lowest BCUT2D eigenvalue weighted by molar-refractivity contribution is 0.319. The number of hydrogen-bond donors (Lipinski definition) is 0. The van der Waals surface area contributed by atoms with Gasteiger partial charge in [-0.05, 0) is 62.3 Å². The number of likely N-dealkylation sites (tertiary alicyclic amines) is 1. The molecule has 0 aliphatic carbocycles. The molecule has 1 aliphatic heterocycles. The van der Waals surface area contributed by atoms with Crippen molar-refractivity contribution in [1.82, 2.24) is 19.7 Å². The summed E-state index contributed by atoms with van der Waals surface area (Å²) in [6, 6.07) is 17.0. The molecule has 0 spiro atoms. The predicted molar refractivity (Wildman–Crippen MR) is 114 cm³/mol. The van der Waals surface area contributed by atoms with E-state index >= 15 is 0 Å². The first kappa shape index (κ1) is 19.5. The molecule has 7 heteroatoms. The van der Waals surface area contributed by atoms with Crippen LogP contribution in [0.15, 0.2) is 64.6 Å². The normalized spacial score (nSPS) is 14.6. The van der Waals surface area contributed by atoms with Gasteiger partial charge in [0.2, 0.25) is 0 Å². The third-order valence-corrected chi connectivity index (χ3v) is 6.88. The summed E-state index contributed by atoms with van der Waals surface area (Å²) in [6.45, 7) is 3.11. The van der Waals surface area contributed by atoms with Crippen LogP contribution < -0.4 is 0 Å². The van der Waals surface area contributed by atoms with Crippen LogP contribution in [-0.4, -0.2) is 44.3 Å². The molecule has 0 unspecified atom stereocenters. The minimum Gasteiger partial charge on any atom is -0.296 e. The highest BCUT2D eigenvalue weighted by Gasteiger charge is 2.19. The number of aromatic nitrogens is 3. The smallest absolute Gasteiger partial charge is 0.195 e. The van der Waals surface area contributed by atoms with Gasteiger partial charge in [0.15, 0.2) is 11.0 Å². The Morgan fingerprint density at radius 1 is 0.857 bits per heavy atom. The second-order valence-corrected chi connectivity index (χ2v) is 8.93. The maximum Gasteiger partial charge on any atom is 0.195 e. The Labute approximate surface area is 173 Å². The summed E-state index contributed by atoms with van der Waals surface area (Å²) in [5.41, 5.74) is 1.11. The molecule has 2 aromatic carbocycles. The molecule has 3 aromatic rings. The number of rotatable bonds is 8. The quantitative estimate of drug-likeness (QED) is 0.387. The number of halogens is 1. The van der Waals surface area contributed by atoms with Gasteiger partial charge in [-0.1, -0.05) is 30.0 Å². The molecule has 4 rings (SSSR count). The van der Waals surface area contributed by atoms with Crippen LogP contribution in [0.1, 0.15) is 18.7 Å². The Morgan fingerprint density at radius 2 is 1.57 bits per heavy atom. The Balaban J connectivity index is 1.43. The fourth-order valence-corrected chi connectivity index (χ4v) is 5.15. The molecule has 1 saturated heterocycles. The Bertz CT molecular complexity index is 877. The largest absolute Gasteiger partial charge is 0.296 e. The molecule has 28 heavy (non-hydrogen) atoms. The van der Waals surface area contributed by atoms with Crippen LogP contribution in [0.4, 0.5) is 4.39 Å². The summed E-state index contributed by atoms with van der Waals surface area (Å²) >= 11 is 3.45. The van der Waals surface area contributed by atoms with Crippen molar-refractivity contribution in [2.45, 2.75) is 29.4 Å². The van der Waals surface area contributed by atoms with E-state index in [2.05, 4.69) is 31.8 Å². The average Bonchev–Trinajstić information content (AvgIpc) is 3.38. The minimum absolute atomic E-state index is 0.194. The highest BCUT2D eigenvalue weighted by Crippen LogP contribution is 2.26. The van der Waals surface area contributed by atoms with Crippen molar-refractivity contribution >= 4 is 23.5 Å². The number of benzene rings is 2. The van der Waals surface area contributed by atoms with Crippen LogP contribution in [0.3, 0.4) is 0 Å². The van der Waals surface area contributed by atoms with Crippen LogP contribution in [0.25, 0.3) is 5.69 Å². The minimum atomic E-state index is -0.194. The summed E-state index contributed by atoms with van der Waals surface area (Å²) in [5, 5.41) is 9.92. The summed E-state index contributed by atoms with van der Waals surface area (Å²) < 4.78 is 15.2. The molecule has 1 aliphatic rings. The van der Waals surface area contributed by atoms with Crippen LogP contribution in [-0.2, 0) is 6.54 Å². The summed E-state index contributed by atoms with van der Waals surface area (Å²) in [7, 11) is 0. The first-order chi connectivity index (χ1) is 13.8. The zero-order valence-electron chi connectivity index (χ0n) is 15.6. The highest BCUT2D eigenvalue weighted by atomic mass is 32.2. The standard InChI is InChI=1S/C21H23FN4S2/c22-17-8-10-19(11-9-17)27-14-15-28-21-24-23-20(16-25-12-4-5-13-25)26(21)18-6-2-1-3-7-18/h1-3,6-11H,4-5,12-16H2. The molecular formula is C21H23FN4S2. The van der Waals surface area contributed by atoms with Gasteiger partial charge in [-0.3, -0.25) is 9.47 Å². The molecule has 0 N–H and O–H groups in total. The van der Waals surface area contributed by atoms with E-state index in [1.54, 1.807) is 23.5 Å². The number of thioether (sulfide) groups is 2. The second-order valence-electron chi connectivity index (χ2n) is 6.70. The van der Waals surface area contributed by atoms with Gasteiger partial charge < -0.3 is 0 Å². The monoisotopic (exact) mass is 414 g/mol. The molecule has 0 radical (unpaired) electrons. The SMILES string of the molecule is Fc1ccc(SCCSc2nnc(CN3CCCC3)n2-c2ccccc2)cc1. The zero-order chi connectivity index (χ0) is 19.2. The van der Waals surface area contributed by atoms with Crippen molar-refractivity contribution in [2.75, 3.05) is 24.6 Å². The van der Waals surface area contributed by atoms with Gasteiger partial charge in [0.1, 0.15) is 5.82 Å². The second kappa shape index (κ2) is 9.58. The van der Waals surface area contributed by atoms with E-state index in [4.69, 9.17) is 0 Å². The molecule has 0 saturated carbocycles.